The fraction of sp³-hybridized carbons (Fsp3) is 0.833. The van der Waals surface area contributed by atoms with Crippen LogP contribution in [0.3, 0.4) is 0 Å². The second-order valence-corrected chi connectivity index (χ2v) is 13.4. The van der Waals surface area contributed by atoms with Crippen LogP contribution >= 0.6 is 0 Å². The van der Waals surface area contributed by atoms with Crippen LogP contribution in [-0.4, -0.2) is 28.7 Å². The number of carbonyl (C=O) groups is 1. The SMILES string of the molecule is CC(=CCCC(C)C1C(O)CC2(C)C3=C(CCC12C)C1(C)CCC(=O)C(C)(C)C1CC3)CO. The van der Waals surface area contributed by atoms with Gasteiger partial charge in [-0.05, 0) is 92.3 Å². The van der Waals surface area contributed by atoms with Crippen LogP contribution in [0.4, 0.5) is 0 Å². The van der Waals surface area contributed by atoms with Gasteiger partial charge < -0.3 is 10.2 Å². The molecule has 186 valence electrons. The number of rotatable bonds is 5. The molecule has 0 aromatic heterocycles. The molecule has 4 rings (SSSR count). The molecule has 0 heterocycles. The molecule has 33 heavy (non-hydrogen) atoms. The summed E-state index contributed by atoms with van der Waals surface area (Å²) >= 11 is 0. The number of allylic oxidation sites excluding steroid dienone is 3. The molecular formula is C30H48O3. The van der Waals surface area contributed by atoms with Gasteiger partial charge in [0, 0.05) is 11.8 Å². The molecule has 2 N–H and O–H groups in total. The van der Waals surface area contributed by atoms with E-state index in [1.54, 1.807) is 11.1 Å². The molecule has 0 aliphatic heterocycles. The second-order valence-electron chi connectivity index (χ2n) is 13.4. The van der Waals surface area contributed by atoms with Gasteiger partial charge in [-0.25, -0.2) is 0 Å². The fourth-order valence-electron chi connectivity index (χ4n) is 9.44. The van der Waals surface area contributed by atoms with Crippen molar-refractivity contribution in [3.63, 3.8) is 0 Å². The standard InChI is InChI=1S/C30H48O3/c1-19(18-31)9-8-10-20(2)26-23(32)17-30(7)22-11-12-24-27(3,4)25(33)14-15-28(24,5)21(22)13-16-29(26,30)6/h9,20,23-24,26,31-32H,8,10-18H2,1-7H3. The summed E-state index contributed by atoms with van der Waals surface area (Å²) in [5, 5.41) is 20.8. The fourth-order valence-corrected chi connectivity index (χ4v) is 9.44. The third-order valence-electron chi connectivity index (χ3n) is 11.5. The van der Waals surface area contributed by atoms with Gasteiger partial charge in [-0.1, -0.05) is 64.3 Å². The Morgan fingerprint density at radius 1 is 1.09 bits per heavy atom. The zero-order valence-corrected chi connectivity index (χ0v) is 22.3. The van der Waals surface area contributed by atoms with E-state index in [0.29, 0.717) is 30.0 Å². The van der Waals surface area contributed by atoms with E-state index >= 15 is 0 Å². The van der Waals surface area contributed by atoms with E-state index in [1.807, 2.05) is 6.92 Å². The molecule has 0 amide bonds. The first-order valence-electron chi connectivity index (χ1n) is 13.5. The average molecular weight is 457 g/mol. The number of hydrogen-bond donors (Lipinski definition) is 2. The van der Waals surface area contributed by atoms with Gasteiger partial charge in [-0.2, -0.15) is 0 Å². The Morgan fingerprint density at radius 3 is 2.45 bits per heavy atom. The maximum Gasteiger partial charge on any atom is 0.138 e. The monoisotopic (exact) mass is 456 g/mol. The minimum absolute atomic E-state index is 0.0510. The first-order chi connectivity index (χ1) is 15.3. The third kappa shape index (κ3) is 3.54. The molecule has 7 atom stereocenters. The number of Topliss-reactive ketones (excluding diaryl/α,β-unsaturated/α-hetero) is 1. The van der Waals surface area contributed by atoms with Crippen LogP contribution in [0.5, 0.6) is 0 Å². The Morgan fingerprint density at radius 2 is 1.79 bits per heavy atom. The van der Waals surface area contributed by atoms with Crippen LogP contribution in [0.25, 0.3) is 0 Å². The van der Waals surface area contributed by atoms with E-state index in [2.05, 4.69) is 47.6 Å². The maximum atomic E-state index is 12.8. The summed E-state index contributed by atoms with van der Waals surface area (Å²) in [5.74, 6) is 1.67. The lowest BCUT2D eigenvalue weighted by atomic mass is 9.43. The summed E-state index contributed by atoms with van der Waals surface area (Å²) in [6.07, 6.45) is 11.0. The Bertz CT molecular complexity index is 866. The number of carbonyl (C=O) groups excluding carboxylic acids is 1. The van der Waals surface area contributed by atoms with Crippen LogP contribution in [0, 0.1) is 39.4 Å². The molecular weight excluding hydrogens is 408 g/mol. The van der Waals surface area contributed by atoms with Crippen molar-refractivity contribution >= 4 is 5.78 Å². The van der Waals surface area contributed by atoms with E-state index < -0.39 is 0 Å². The van der Waals surface area contributed by atoms with Gasteiger partial charge >= 0.3 is 0 Å². The van der Waals surface area contributed by atoms with Crippen molar-refractivity contribution in [3.8, 4) is 0 Å². The smallest absolute Gasteiger partial charge is 0.138 e. The van der Waals surface area contributed by atoms with Crippen molar-refractivity contribution < 1.29 is 15.0 Å². The van der Waals surface area contributed by atoms with Gasteiger partial charge in [0.15, 0.2) is 0 Å². The highest BCUT2D eigenvalue weighted by atomic mass is 16.3. The lowest BCUT2D eigenvalue weighted by molar-refractivity contribution is -0.139. The summed E-state index contributed by atoms with van der Waals surface area (Å²) in [5.41, 5.74) is 4.44. The van der Waals surface area contributed by atoms with E-state index in [-0.39, 0.29) is 34.4 Å². The topological polar surface area (TPSA) is 57.5 Å². The molecule has 4 aliphatic rings. The van der Waals surface area contributed by atoms with Gasteiger partial charge in [0.05, 0.1) is 12.7 Å². The summed E-state index contributed by atoms with van der Waals surface area (Å²) in [4.78, 5) is 12.8. The Labute approximate surface area is 202 Å². The predicted octanol–water partition coefficient (Wildman–Crippen LogP) is 6.63. The molecule has 0 spiro atoms. The van der Waals surface area contributed by atoms with Crippen LogP contribution in [-0.2, 0) is 4.79 Å². The van der Waals surface area contributed by atoms with Crippen molar-refractivity contribution in [2.45, 2.75) is 112 Å². The Hall–Kier alpha value is -0.930. The molecule has 3 heteroatoms. The van der Waals surface area contributed by atoms with Crippen molar-refractivity contribution in [2.75, 3.05) is 6.61 Å². The molecule has 0 saturated heterocycles. The van der Waals surface area contributed by atoms with Gasteiger partial charge in [-0.15, -0.1) is 0 Å². The molecule has 0 bridgehead atoms. The molecule has 0 aromatic carbocycles. The minimum atomic E-state index is -0.250. The molecule has 0 aromatic rings. The lowest BCUT2D eigenvalue weighted by Crippen LogP contribution is -2.54. The van der Waals surface area contributed by atoms with Gasteiger partial charge in [0.1, 0.15) is 5.78 Å². The summed E-state index contributed by atoms with van der Waals surface area (Å²) in [6.45, 7) is 16.3. The first kappa shape index (κ1) is 25.2. The highest BCUT2D eigenvalue weighted by Gasteiger charge is 2.65. The number of aliphatic hydroxyl groups is 2. The van der Waals surface area contributed by atoms with Crippen molar-refractivity contribution in [1.29, 1.82) is 0 Å². The van der Waals surface area contributed by atoms with E-state index in [4.69, 9.17) is 0 Å². The highest BCUT2D eigenvalue weighted by molar-refractivity contribution is 5.85. The summed E-state index contributed by atoms with van der Waals surface area (Å²) < 4.78 is 0. The Balaban J connectivity index is 1.66. The van der Waals surface area contributed by atoms with Crippen LogP contribution < -0.4 is 0 Å². The minimum Gasteiger partial charge on any atom is -0.393 e. The molecule has 2 saturated carbocycles. The summed E-state index contributed by atoms with van der Waals surface area (Å²) in [6, 6.07) is 0. The molecule has 7 unspecified atom stereocenters. The van der Waals surface area contributed by atoms with E-state index in [0.717, 1.165) is 56.9 Å². The molecule has 4 aliphatic carbocycles. The van der Waals surface area contributed by atoms with Gasteiger partial charge in [0.25, 0.3) is 0 Å². The first-order valence-corrected chi connectivity index (χ1v) is 13.5. The van der Waals surface area contributed by atoms with Crippen LogP contribution in [0.2, 0.25) is 0 Å². The van der Waals surface area contributed by atoms with Crippen LogP contribution in [0.15, 0.2) is 22.8 Å². The number of aliphatic hydroxyl groups excluding tert-OH is 2. The third-order valence-corrected chi connectivity index (χ3v) is 11.5. The highest BCUT2D eigenvalue weighted by Crippen LogP contribution is 2.72. The summed E-state index contributed by atoms with van der Waals surface area (Å²) in [7, 11) is 0. The molecule has 0 radical (unpaired) electrons. The van der Waals surface area contributed by atoms with Crippen LogP contribution in [0.1, 0.15) is 106 Å². The second kappa shape index (κ2) is 8.33. The number of fused-ring (bicyclic) bond motifs is 4. The zero-order valence-electron chi connectivity index (χ0n) is 22.3. The number of ketones is 1. The van der Waals surface area contributed by atoms with E-state index in [9.17, 15) is 15.0 Å². The normalized spacial score (nSPS) is 43.7. The zero-order chi connectivity index (χ0) is 24.4. The van der Waals surface area contributed by atoms with E-state index in [1.165, 1.54) is 0 Å². The number of hydrogen-bond acceptors (Lipinski definition) is 3. The van der Waals surface area contributed by atoms with Crippen molar-refractivity contribution in [1.82, 2.24) is 0 Å². The molecule has 2 fully saturated rings. The average Bonchev–Trinajstić information content (AvgIpc) is 2.96. The van der Waals surface area contributed by atoms with Crippen molar-refractivity contribution in [3.05, 3.63) is 22.8 Å². The maximum absolute atomic E-state index is 12.8. The largest absolute Gasteiger partial charge is 0.393 e. The molecule has 3 nitrogen and oxygen atoms in total. The van der Waals surface area contributed by atoms with Crippen molar-refractivity contribution in [2.24, 2.45) is 39.4 Å². The Kier molecular flexibility index (Phi) is 6.35. The predicted molar refractivity (Wildman–Crippen MR) is 135 cm³/mol. The van der Waals surface area contributed by atoms with Gasteiger partial charge in [0.2, 0.25) is 0 Å². The quantitative estimate of drug-likeness (QED) is 0.456. The lowest BCUT2D eigenvalue weighted by Gasteiger charge is -2.60. The van der Waals surface area contributed by atoms with Gasteiger partial charge in [-0.3, -0.25) is 4.79 Å².